The van der Waals surface area contributed by atoms with Crippen LogP contribution in [-0.2, 0) is 0 Å². The zero-order valence-corrected chi connectivity index (χ0v) is 27.6. The van der Waals surface area contributed by atoms with Gasteiger partial charge in [-0.3, -0.25) is 0 Å². The summed E-state index contributed by atoms with van der Waals surface area (Å²) in [5, 5.41) is 21.4. The Balaban J connectivity index is 1.18. The van der Waals surface area contributed by atoms with E-state index in [1.54, 1.807) is 0 Å². The molecule has 8 aromatic carbocycles. The van der Waals surface area contributed by atoms with E-state index in [4.69, 9.17) is 0 Å². The molecule has 0 spiro atoms. The molecule has 0 radical (unpaired) electrons. The molecule has 0 aromatic heterocycles. The number of hydrogen-bond acceptors (Lipinski definition) is 3. The fourth-order valence-corrected chi connectivity index (χ4v) is 7.42. The largest absolute Gasteiger partial charge is 0.310 e. The Hall–Kier alpha value is -7.20. The molecule has 0 bridgehead atoms. The fraction of sp³-hybridized carbons (Fsp3) is 0. The van der Waals surface area contributed by atoms with E-state index in [2.05, 4.69) is 138 Å². The van der Waals surface area contributed by atoms with Crippen LogP contribution in [0.15, 0.2) is 176 Å². The van der Waals surface area contributed by atoms with E-state index < -0.39 is 0 Å². The second-order valence-electron chi connectivity index (χ2n) is 12.8. The molecule has 0 saturated carbocycles. The van der Waals surface area contributed by atoms with Gasteiger partial charge in [0.1, 0.15) is 0 Å². The molecule has 236 valence electrons. The minimum absolute atomic E-state index is 0.623. The summed E-state index contributed by atoms with van der Waals surface area (Å²) in [7, 11) is 0. The van der Waals surface area contributed by atoms with Crippen molar-refractivity contribution in [3.8, 4) is 67.8 Å². The summed E-state index contributed by atoms with van der Waals surface area (Å²) in [6.07, 6.45) is 0. The third-order valence-electron chi connectivity index (χ3n) is 9.87. The monoisotopic (exact) mass is 647 g/mol. The van der Waals surface area contributed by atoms with E-state index in [0.717, 1.165) is 44.9 Å². The fourth-order valence-electron chi connectivity index (χ4n) is 7.42. The normalized spacial score (nSPS) is 11.1. The second kappa shape index (κ2) is 12.4. The van der Waals surface area contributed by atoms with Crippen molar-refractivity contribution in [3.63, 3.8) is 0 Å². The highest BCUT2D eigenvalue weighted by molar-refractivity contribution is 6.18. The van der Waals surface area contributed by atoms with Gasteiger partial charge in [0.05, 0.1) is 23.3 Å². The van der Waals surface area contributed by atoms with Crippen molar-refractivity contribution in [1.29, 1.82) is 10.5 Å². The van der Waals surface area contributed by atoms with Gasteiger partial charge in [0.25, 0.3) is 0 Å². The first-order chi connectivity index (χ1) is 25.2. The van der Waals surface area contributed by atoms with Crippen LogP contribution in [0.2, 0.25) is 0 Å². The average Bonchev–Trinajstić information content (AvgIpc) is 3.53. The number of para-hydroxylation sites is 1. The molecule has 8 aromatic rings. The summed E-state index contributed by atoms with van der Waals surface area (Å²) in [5.41, 5.74) is 16.0. The molecule has 0 N–H and O–H groups in total. The van der Waals surface area contributed by atoms with Crippen molar-refractivity contribution in [3.05, 3.63) is 187 Å². The topological polar surface area (TPSA) is 50.8 Å². The Morgan fingerprint density at radius 1 is 0.333 bits per heavy atom. The van der Waals surface area contributed by atoms with Crippen molar-refractivity contribution in [2.75, 3.05) is 4.90 Å². The van der Waals surface area contributed by atoms with Gasteiger partial charge in [-0.05, 0) is 133 Å². The van der Waals surface area contributed by atoms with Gasteiger partial charge in [-0.15, -0.1) is 0 Å². The van der Waals surface area contributed by atoms with Crippen LogP contribution in [0.1, 0.15) is 11.1 Å². The maximum absolute atomic E-state index is 9.43. The van der Waals surface area contributed by atoms with Gasteiger partial charge in [0, 0.05) is 17.1 Å². The average molecular weight is 648 g/mol. The molecule has 0 aliphatic heterocycles. The van der Waals surface area contributed by atoms with E-state index in [9.17, 15) is 10.5 Å². The van der Waals surface area contributed by atoms with E-state index in [1.807, 2.05) is 54.6 Å². The highest BCUT2D eigenvalue weighted by atomic mass is 15.1. The lowest BCUT2D eigenvalue weighted by Crippen LogP contribution is -2.10. The van der Waals surface area contributed by atoms with Crippen LogP contribution in [0.25, 0.3) is 66.4 Å². The molecular weight excluding hydrogens is 619 g/mol. The minimum Gasteiger partial charge on any atom is -0.310 e. The Kier molecular flexibility index (Phi) is 7.24. The molecule has 0 heterocycles. The summed E-state index contributed by atoms with van der Waals surface area (Å²) >= 11 is 0. The summed E-state index contributed by atoms with van der Waals surface area (Å²) < 4.78 is 0. The lowest BCUT2D eigenvalue weighted by atomic mass is 9.94. The summed E-state index contributed by atoms with van der Waals surface area (Å²) in [6.45, 7) is 0. The predicted octanol–water partition coefficient (Wildman–Crippen LogP) is 12.7. The molecular formula is C48H29N3. The van der Waals surface area contributed by atoms with Gasteiger partial charge in [-0.1, -0.05) is 109 Å². The van der Waals surface area contributed by atoms with Gasteiger partial charge in [-0.2, -0.15) is 10.5 Å². The lowest BCUT2D eigenvalue weighted by molar-refractivity contribution is 1.28. The molecule has 3 heteroatoms. The highest BCUT2D eigenvalue weighted by Crippen LogP contribution is 2.49. The summed E-state index contributed by atoms with van der Waals surface area (Å²) in [4.78, 5) is 2.29. The van der Waals surface area contributed by atoms with Crippen LogP contribution in [0.3, 0.4) is 0 Å². The van der Waals surface area contributed by atoms with Crippen LogP contribution in [-0.4, -0.2) is 0 Å². The molecule has 1 aliphatic carbocycles. The Morgan fingerprint density at radius 3 is 1.41 bits per heavy atom. The van der Waals surface area contributed by atoms with Gasteiger partial charge < -0.3 is 4.90 Å². The molecule has 0 atom stereocenters. The lowest BCUT2D eigenvalue weighted by Gasteiger charge is -2.27. The Morgan fingerprint density at radius 2 is 0.824 bits per heavy atom. The van der Waals surface area contributed by atoms with E-state index in [-0.39, 0.29) is 0 Å². The zero-order valence-electron chi connectivity index (χ0n) is 27.6. The van der Waals surface area contributed by atoms with Crippen LogP contribution in [0.5, 0.6) is 0 Å². The molecule has 51 heavy (non-hydrogen) atoms. The third kappa shape index (κ3) is 5.22. The highest BCUT2D eigenvalue weighted by Gasteiger charge is 2.22. The molecule has 0 saturated heterocycles. The van der Waals surface area contributed by atoms with Crippen molar-refractivity contribution in [1.82, 2.24) is 0 Å². The second-order valence-corrected chi connectivity index (χ2v) is 12.8. The molecule has 0 amide bonds. The number of nitrogens with zero attached hydrogens (tertiary/aromatic N) is 3. The summed E-state index contributed by atoms with van der Waals surface area (Å²) in [6, 6.07) is 65.6. The van der Waals surface area contributed by atoms with Crippen LogP contribution in [0.4, 0.5) is 17.1 Å². The van der Waals surface area contributed by atoms with Gasteiger partial charge in [0.15, 0.2) is 0 Å². The molecule has 3 nitrogen and oxygen atoms in total. The van der Waals surface area contributed by atoms with Crippen molar-refractivity contribution in [2.45, 2.75) is 0 Å². The van der Waals surface area contributed by atoms with Gasteiger partial charge >= 0.3 is 0 Å². The smallest absolute Gasteiger partial charge is 0.0991 e. The molecule has 9 rings (SSSR count). The Bertz CT molecular complexity index is 2570. The zero-order chi connectivity index (χ0) is 34.3. The van der Waals surface area contributed by atoms with Gasteiger partial charge in [0.2, 0.25) is 0 Å². The van der Waals surface area contributed by atoms with E-state index >= 15 is 0 Å². The number of benzene rings is 8. The van der Waals surface area contributed by atoms with Crippen molar-refractivity contribution < 1.29 is 0 Å². The first-order valence-electron chi connectivity index (χ1n) is 17.0. The number of fused-ring (bicyclic) bond motifs is 3. The van der Waals surface area contributed by atoms with E-state index in [1.165, 1.54) is 38.6 Å². The predicted molar refractivity (Wildman–Crippen MR) is 209 cm³/mol. The van der Waals surface area contributed by atoms with E-state index in [0.29, 0.717) is 11.1 Å². The van der Waals surface area contributed by atoms with Crippen LogP contribution < -0.4 is 4.90 Å². The minimum atomic E-state index is 0.623. The first-order valence-corrected chi connectivity index (χ1v) is 17.0. The molecule has 0 fully saturated rings. The van der Waals surface area contributed by atoms with Crippen molar-refractivity contribution >= 4 is 27.8 Å². The number of rotatable bonds is 6. The van der Waals surface area contributed by atoms with Crippen molar-refractivity contribution in [2.24, 2.45) is 0 Å². The third-order valence-corrected chi connectivity index (χ3v) is 9.87. The quantitative estimate of drug-likeness (QED) is 0.180. The number of nitriles is 2. The molecule has 1 aliphatic rings. The maximum atomic E-state index is 9.43. The van der Waals surface area contributed by atoms with Crippen LogP contribution in [0, 0.1) is 22.7 Å². The SMILES string of the molecule is N#Cc1ccc(-c2cc(-c3ccc(C#N)cc3)cc(N(c3ccccc3)c3ccc(-c4ccc5c6c(cccc46)-c4ccccc4-5)cc3)c2)cc1. The molecule has 0 unspecified atom stereocenters. The van der Waals surface area contributed by atoms with Crippen LogP contribution >= 0.6 is 0 Å². The number of hydrogen-bond donors (Lipinski definition) is 0. The number of anilines is 3. The standard InChI is InChI=1S/C48H29N3/c49-30-32-13-17-34(18-14-32)37-27-38(35-19-15-33(31-50)16-20-35)29-41(28-37)51(39-7-2-1-3-8-39)40-23-21-36(22-24-40)42-25-26-47-44-10-5-4-9-43(44)46-12-6-11-45(42)48(46)47/h1-29H. The maximum Gasteiger partial charge on any atom is 0.0991 e. The first kappa shape index (κ1) is 29.9. The van der Waals surface area contributed by atoms with Gasteiger partial charge in [-0.25, -0.2) is 0 Å². The Labute approximate surface area is 297 Å². The summed E-state index contributed by atoms with van der Waals surface area (Å²) in [5.74, 6) is 0.